The van der Waals surface area contributed by atoms with Crippen molar-refractivity contribution in [2.75, 3.05) is 0 Å². The van der Waals surface area contributed by atoms with Crippen LogP contribution in [0.1, 0.15) is 46.5 Å². The first kappa shape index (κ1) is 13.2. The smallest absolute Gasteiger partial charge is 0.323 e. The molecule has 92 valence electrons. The monoisotopic (exact) mass is 225 g/mol. The summed E-state index contributed by atoms with van der Waals surface area (Å²) in [6.45, 7) is 5.59. The third-order valence-corrected chi connectivity index (χ3v) is 2.67. The number of esters is 1. The molecule has 0 aromatic heterocycles. The summed E-state index contributed by atoms with van der Waals surface area (Å²) >= 11 is 0. The van der Waals surface area contributed by atoms with Gasteiger partial charge >= 0.3 is 5.97 Å². The Bertz CT molecular complexity index is 266. The van der Waals surface area contributed by atoms with Crippen LogP contribution in [-0.4, -0.2) is 17.6 Å². The van der Waals surface area contributed by atoms with Crippen LogP contribution in [0.4, 0.5) is 0 Å². The summed E-state index contributed by atoms with van der Waals surface area (Å²) in [5.74, 6) is 0.259. The highest BCUT2D eigenvalue weighted by Crippen LogP contribution is 2.23. The van der Waals surface area contributed by atoms with E-state index in [9.17, 15) is 4.79 Å². The standard InChI is InChI=1S/C13H23NO2/c1-13(2,3)16-12(15)11(14)9-10-7-5-4-6-8-10/h4-5,10-11H,6-9,14H2,1-3H3. The molecule has 2 atom stereocenters. The van der Waals surface area contributed by atoms with Crippen LogP contribution in [0.2, 0.25) is 0 Å². The number of nitrogens with two attached hydrogens (primary N) is 1. The van der Waals surface area contributed by atoms with Crippen LogP contribution in [0.15, 0.2) is 12.2 Å². The first-order chi connectivity index (χ1) is 7.38. The van der Waals surface area contributed by atoms with Gasteiger partial charge in [0.05, 0.1) is 0 Å². The van der Waals surface area contributed by atoms with Gasteiger partial charge in [-0.25, -0.2) is 0 Å². The summed E-state index contributed by atoms with van der Waals surface area (Å²) in [4.78, 5) is 11.7. The topological polar surface area (TPSA) is 52.3 Å². The molecule has 2 unspecified atom stereocenters. The van der Waals surface area contributed by atoms with Gasteiger partial charge in [0.15, 0.2) is 0 Å². The van der Waals surface area contributed by atoms with Gasteiger partial charge < -0.3 is 10.5 Å². The average molecular weight is 225 g/mol. The number of hydrogen-bond donors (Lipinski definition) is 1. The molecule has 0 heterocycles. The van der Waals surface area contributed by atoms with Crippen molar-refractivity contribution in [2.45, 2.75) is 58.1 Å². The number of carbonyl (C=O) groups excluding carboxylic acids is 1. The molecule has 0 aliphatic heterocycles. The van der Waals surface area contributed by atoms with Crippen molar-refractivity contribution in [3.8, 4) is 0 Å². The second kappa shape index (κ2) is 5.48. The van der Waals surface area contributed by atoms with Gasteiger partial charge in [-0.3, -0.25) is 4.79 Å². The van der Waals surface area contributed by atoms with Crippen molar-refractivity contribution in [1.82, 2.24) is 0 Å². The fourth-order valence-electron chi connectivity index (χ4n) is 1.90. The largest absolute Gasteiger partial charge is 0.459 e. The summed E-state index contributed by atoms with van der Waals surface area (Å²) in [7, 11) is 0. The highest BCUT2D eigenvalue weighted by molar-refractivity contribution is 5.75. The molecule has 0 saturated carbocycles. The maximum absolute atomic E-state index is 11.7. The van der Waals surface area contributed by atoms with E-state index >= 15 is 0 Å². The van der Waals surface area contributed by atoms with Gasteiger partial charge in [-0.05, 0) is 52.4 Å². The maximum Gasteiger partial charge on any atom is 0.323 e. The van der Waals surface area contributed by atoms with Gasteiger partial charge in [0.2, 0.25) is 0 Å². The molecule has 3 heteroatoms. The zero-order valence-corrected chi connectivity index (χ0v) is 10.5. The number of allylic oxidation sites excluding steroid dienone is 2. The predicted octanol–water partition coefficient (Wildman–Crippen LogP) is 2.40. The molecule has 0 amide bonds. The van der Waals surface area contributed by atoms with Crippen molar-refractivity contribution in [3.05, 3.63) is 12.2 Å². The lowest BCUT2D eigenvalue weighted by Gasteiger charge is -2.25. The Balaban J connectivity index is 2.36. The van der Waals surface area contributed by atoms with Crippen LogP contribution in [0, 0.1) is 5.92 Å². The Kier molecular flexibility index (Phi) is 4.54. The van der Waals surface area contributed by atoms with E-state index in [2.05, 4.69) is 12.2 Å². The number of carbonyl (C=O) groups is 1. The van der Waals surface area contributed by atoms with Crippen molar-refractivity contribution >= 4 is 5.97 Å². The first-order valence-electron chi connectivity index (χ1n) is 6.02. The second-order valence-corrected chi connectivity index (χ2v) is 5.53. The van der Waals surface area contributed by atoms with E-state index in [1.54, 1.807) is 0 Å². The van der Waals surface area contributed by atoms with Crippen molar-refractivity contribution in [2.24, 2.45) is 11.7 Å². The quantitative estimate of drug-likeness (QED) is 0.592. The van der Waals surface area contributed by atoms with Crippen LogP contribution in [0.25, 0.3) is 0 Å². The number of hydrogen-bond acceptors (Lipinski definition) is 3. The Morgan fingerprint density at radius 2 is 2.19 bits per heavy atom. The van der Waals surface area contributed by atoms with Gasteiger partial charge in [0.25, 0.3) is 0 Å². The molecule has 0 aromatic carbocycles. The zero-order chi connectivity index (χ0) is 12.2. The van der Waals surface area contributed by atoms with Crippen LogP contribution in [-0.2, 0) is 9.53 Å². The Labute approximate surface area is 98.0 Å². The molecule has 3 nitrogen and oxygen atoms in total. The molecule has 1 aliphatic carbocycles. The lowest BCUT2D eigenvalue weighted by molar-refractivity contribution is -0.156. The molecule has 0 spiro atoms. The van der Waals surface area contributed by atoms with Crippen molar-refractivity contribution in [3.63, 3.8) is 0 Å². The molecule has 0 fully saturated rings. The zero-order valence-electron chi connectivity index (χ0n) is 10.5. The van der Waals surface area contributed by atoms with E-state index in [1.807, 2.05) is 20.8 Å². The maximum atomic E-state index is 11.7. The normalized spacial score (nSPS) is 22.9. The van der Waals surface area contributed by atoms with E-state index in [0.29, 0.717) is 5.92 Å². The van der Waals surface area contributed by atoms with Gasteiger partial charge in [0.1, 0.15) is 11.6 Å². The third-order valence-electron chi connectivity index (χ3n) is 2.67. The van der Waals surface area contributed by atoms with Crippen molar-refractivity contribution < 1.29 is 9.53 Å². The molecular formula is C13H23NO2. The van der Waals surface area contributed by atoms with Crippen LogP contribution in [0.5, 0.6) is 0 Å². The highest BCUT2D eigenvalue weighted by atomic mass is 16.6. The first-order valence-corrected chi connectivity index (χ1v) is 6.02. The highest BCUT2D eigenvalue weighted by Gasteiger charge is 2.24. The minimum atomic E-state index is -0.476. The Morgan fingerprint density at radius 3 is 2.69 bits per heavy atom. The Hall–Kier alpha value is -0.830. The average Bonchev–Trinajstić information content (AvgIpc) is 2.16. The summed E-state index contributed by atoms with van der Waals surface area (Å²) in [5.41, 5.74) is 5.41. The fourth-order valence-corrected chi connectivity index (χ4v) is 1.90. The van der Waals surface area contributed by atoms with Gasteiger partial charge in [-0.2, -0.15) is 0 Å². The molecule has 0 aromatic rings. The van der Waals surface area contributed by atoms with E-state index in [4.69, 9.17) is 10.5 Å². The van der Waals surface area contributed by atoms with Gasteiger partial charge in [-0.15, -0.1) is 0 Å². The summed E-state index contributed by atoms with van der Waals surface area (Å²) < 4.78 is 5.26. The lowest BCUT2D eigenvalue weighted by Crippen LogP contribution is -2.38. The van der Waals surface area contributed by atoms with Gasteiger partial charge in [0, 0.05) is 0 Å². The summed E-state index contributed by atoms with van der Waals surface area (Å²) in [5, 5.41) is 0. The van der Waals surface area contributed by atoms with E-state index in [0.717, 1.165) is 25.7 Å². The number of rotatable bonds is 3. The lowest BCUT2D eigenvalue weighted by atomic mass is 9.89. The van der Waals surface area contributed by atoms with E-state index < -0.39 is 11.6 Å². The molecule has 1 aliphatic rings. The van der Waals surface area contributed by atoms with E-state index in [1.165, 1.54) is 0 Å². The van der Waals surface area contributed by atoms with Crippen LogP contribution < -0.4 is 5.73 Å². The summed E-state index contributed by atoms with van der Waals surface area (Å²) in [6.07, 6.45) is 8.37. The van der Waals surface area contributed by atoms with Crippen molar-refractivity contribution in [1.29, 1.82) is 0 Å². The second-order valence-electron chi connectivity index (χ2n) is 5.53. The molecule has 16 heavy (non-hydrogen) atoms. The molecule has 0 saturated heterocycles. The molecular weight excluding hydrogens is 202 g/mol. The minimum absolute atomic E-state index is 0.276. The minimum Gasteiger partial charge on any atom is -0.459 e. The molecule has 1 rings (SSSR count). The Morgan fingerprint density at radius 1 is 1.50 bits per heavy atom. The van der Waals surface area contributed by atoms with Crippen LogP contribution in [0.3, 0.4) is 0 Å². The van der Waals surface area contributed by atoms with E-state index in [-0.39, 0.29) is 5.97 Å². The third kappa shape index (κ3) is 4.79. The van der Waals surface area contributed by atoms with Gasteiger partial charge in [-0.1, -0.05) is 12.2 Å². The molecule has 0 bridgehead atoms. The SMILES string of the molecule is CC(C)(C)OC(=O)C(N)CC1CC=CCC1. The predicted molar refractivity (Wildman–Crippen MR) is 64.9 cm³/mol. The fraction of sp³-hybridized carbons (Fsp3) is 0.769. The molecule has 0 radical (unpaired) electrons. The molecule has 2 N–H and O–H groups in total. The summed E-state index contributed by atoms with van der Waals surface area (Å²) in [6, 6.07) is -0.476. The number of ether oxygens (including phenoxy) is 1. The van der Waals surface area contributed by atoms with Crippen LogP contribution >= 0.6 is 0 Å².